The molecule has 2 amide bonds. The highest BCUT2D eigenvalue weighted by Gasteiger charge is 2.28. The second-order valence-corrected chi connectivity index (χ2v) is 6.55. The average Bonchev–Trinajstić information content (AvgIpc) is 2.72. The predicted molar refractivity (Wildman–Crippen MR) is 106 cm³/mol. The van der Waals surface area contributed by atoms with Crippen LogP contribution in [0.25, 0.3) is 0 Å². The van der Waals surface area contributed by atoms with E-state index in [1.54, 1.807) is 24.4 Å². The molecule has 0 fully saturated rings. The molecule has 0 aliphatic heterocycles. The standard InChI is InChI=1S/C21H24FN3O5/c1-13(26)24-17(11-14-6-4-8-16(22)10-14)19(27)25-18(21(28)30-3)12-15-7-5-9-23-20(15)29-2/h4-10,17-18H,11-12H2,1-3H3,(H,24,26)(H,25,27)/t17-,18+/m0/s1. The lowest BCUT2D eigenvalue weighted by molar-refractivity contribution is -0.145. The van der Waals surface area contributed by atoms with Gasteiger partial charge in [-0.25, -0.2) is 14.2 Å². The molecule has 30 heavy (non-hydrogen) atoms. The van der Waals surface area contributed by atoms with Crippen LogP contribution in [-0.4, -0.2) is 49.1 Å². The van der Waals surface area contributed by atoms with Crippen molar-refractivity contribution in [2.24, 2.45) is 0 Å². The summed E-state index contributed by atoms with van der Waals surface area (Å²) >= 11 is 0. The Balaban J connectivity index is 2.21. The number of esters is 1. The number of hydrogen-bond acceptors (Lipinski definition) is 6. The topological polar surface area (TPSA) is 107 Å². The van der Waals surface area contributed by atoms with E-state index in [4.69, 9.17) is 9.47 Å². The van der Waals surface area contributed by atoms with Gasteiger partial charge in [-0.15, -0.1) is 0 Å². The molecule has 2 N–H and O–H groups in total. The quantitative estimate of drug-likeness (QED) is 0.594. The molecule has 1 aromatic carbocycles. The van der Waals surface area contributed by atoms with Gasteiger partial charge in [-0.1, -0.05) is 18.2 Å². The maximum Gasteiger partial charge on any atom is 0.328 e. The molecular weight excluding hydrogens is 393 g/mol. The third kappa shape index (κ3) is 6.54. The fraction of sp³-hybridized carbons (Fsp3) is 0.333. The van der Waals surface area contributed by atoms with Crippen molar-refractivity contribution in [1.29, 1.82) is 0 Å². The first-order chi connectivity index (χ1) is 14.3. The molecule has 1 heterocycles. The summed E-state index contributed by atoms with van der Waals surface area (Å²) in [5, 5.41) is 5.14. The second kappa shape index (κ2) is 10.9. The summed E-state index contributed by atoms with van der Waals surface area (Å²) in [6.45, 7) is 1.27. The molecule has 0 saturated heterocycles. The number of carbonyl (C=O) groups excluding carboxylic acids is 3. The largest absolute Gasteiger partial charge is 0.481 e. The number of pyridine rings is 1. The Kier molecular flexibility index (Phi) is 8.28. The van der Waals surface area contributed by atoms with Gasteiger partial charge in [0.2, 0.25) is 17.7 Å². The van der Waals surface area contributed by atoms with Crippen molar-refractivity contribution >= 4 is 17.8 Å². The fourth-order valence-corrected chi connectivity index (χ4v) is 2.95. The fourth-order valence-electron chi connectivity index (χ4n) is 2.95. The number of methoxy groups -OCH3 is 2. The molecule has 2 aromatic rings. The SMILES string of the molecule is COC(=O)[C@@H](Cc1cccnc1OC)NC(=O)[C@H](Cc1cccc(F)c1)NC(C)=O. The number of carbonyl (C=O) groups is 3. The Morgan fingerprint density at radius 3 is 2.47 bits per heavy atom. The number of hydrogen-bond donors (Lipinski definition) is 2. The molecule has 2 rings (SSSR count). The number of ether oxygens (including phenoxy) is 2. The van der Waals surface area contributed by atoms with Crippen LogP contribution in [-0.2, 0) is 32.0 Å². The van der Waals surface area contributed by atoms with Gasteiger partial charge in [0.05, 0.1) is 14.2 Å². The minimum atomic E-state index is -1.04. The van der Waals surface area contributed by atoms with Crippen molar-refractivity contribution in [3.05, 3.63) is 59.5 Å². The highest BCUT2D eigenvalue weighted by molar-refractivity contribution is 5.90. The van der Waals surface area contributed by atoms with Crippen molar-refractivity contribution < 1.29 is 28.2 Å². The van der Waals surface area contributed by atoms with E-state index in [1.807, 2.05) is 0 Å². The number of amides is 2. The molecule has 9 heteroatoms. The van der Waals surface area contributed by atoms with Crippen LogP contribution >= 0.6 is 0 Å². The van der Waals surface area contributed by atoms with Gasteiger partial charge in [0.25, 0.3) is 0 Å². The van der Waals surface area contributed by atoms with Crippen LogP contribution in [0.1, 0.15) is 18.1 Å². The Hall–Kier alpha value is -3.49. The molecule has 0 aliphatic rings. The van der Waals surface area contributed by atoms with Crippen molar-refractivity contribution in [2.75, 3.05) is 14.2 Å². The van der Waals surface area contributed by atoms with Gasteiger partial charge in [0.15, 0.2) is 0 Å². The normalized spacial score (nSPS) is 12.4. The smallest absolute Gasteiger partial charge is 0.328 e. The maximum absolute atomic E-state index is 13.5. The van der Waals surface area contributed by atoms with E-state index in [9.17, 15) is 18.8 Å². The number of benzene rings is 1. The van der Waals surface area contributed by atoms with Crippen molar-refractivity contribution in [3.63, 3.8) is 0 Å². The number of nitrogens with zero attached hydrogens (tertiary/aromatic N) is 1. The summed E-state index contributed by atoms with van der Waals surface area (Å²) in [4.78, 5) is 40.8. The van der Waals surface area contributed by atoms with Crippen LogP contribution in [0.3, 0.4) is 0 Å². The average molecular weight is 417 g/mol. The summed E-state index contributed by atoms with van der Waals surface area (Å²) in [5.41, 5.74) is 1.12. The zero-order valence-electron chi connectivity index (χ0n) is 17.0. The molecule has 0 radical (unpaired) electrons. The summed E-state index contributed by atoms with van der Waals surface area (Å²) in [6.07, 6.45) is 1.66. The first-order valence-corrected chi connectivity index (χ1v) is 9.21. The van der Waals surface area contributed by atoms with Gasteiger partial charge < -0.3 is 20.1 Å². The third-order valence-electron chi connectivity index (χ3n) is 4.29. The van der Waals surface area contributed by atoms with Gasteiger partial charge in [0.1, 0.15) is 17.9 Å². The van der Waals surface area contributed by atoms with E-state index in [-0.39, 0.29) is 12.8 Å². The Morgan fingerprint density at radius 2 is 1.83 bits per heavy atom. The minimum Gasteiger partial charge on any atom is -0.481 e. The van der Waals surface area contributed by atoms with Crippen LogP contribution in [0.15, 0.2) is 42.6 Å². The molecule has 0 saturated carbocycles. The van der Waals surface area contributed by atoms with Gasteiger partial charge in [0, 0.05) is 31.5 Å². The lowest BCUT2D eigenvalue weighted by Gasteiger charge is -2.22. The van der Waals surface area contributed by atoms with Crippen LogP contribution in [0.5, 0.6) is 5.88 Å². The second-order valence-electron chi connectivity index (χ2n) is 6.55. The van der Waals surface area contributed by atoms with Gasteiger partial charge in [-0.05, 0) is 23.8 Å². The first-order valence-electron chi connectivity index (χ1n) is 9.21. The van der Waals surface area contributed by atoms with Crippen molar-refractivity contribution in [3.8, 4) is 5.88 Å². The highest BCUT2D eigenvalue weighted by atomic mass is 19.1. The van der Waals surface area contributed by atoms with Crippen LogP contribution in [0.4, 0.5) is 4.39 Å². The Morgan fingerprint density at radius 1 is 1.07 bits per heavy atom. The first kappa shape index (κ1) is 22.8. The molecule has 160 valence electrons. The number of halogens is 1. The van der Waals surface area contributed by atoms with E-state index in [0.717, 1.165) is 0 Å². The zero-order chi connectivity index (χ0) is 22.1. The molecule has 0 unspecified atom stereocenters. The summed E-state index contributed by atoms with van der Waals surface area (Å²) in [7, 11) is 2.66. The predicted octanol–water partition coefficient (Wildman–Crippen LogP) is 1.18. The van der Waals surface area contributed by atoms with E-state index in [0.29, 0.717) is 17.0 Å². The van der Waals surface area contributed by atoms with Crippen molar-refractivity contribution in [1.82, 2.24) is 15.6 Å². The van der Waals surface area contributed by atoms with Gasteiger partial charge in [-0.3, -0.25) is 9.59 Å². The third-order valence-corrected chi connectivity index (χ3v) is 4.29. The van der Waals surface area contributed by atoms with E-state index >= 15 is 0 Å². The minimum absolute atomic E-state index is 0.0489. The van der Waals surface area contributed by atoms with Crippen LogP contribution in [0, 0.1) is 5.82 Å². The zero-order valence-corrected chi connectivity index (χ0v) is 17.0. The number of aromatic nitrogens is 1. The van der Waals surface area contributed by atoms with E-state index < -0.39 is 35.7 Å². The number of rotatable bonds is 9. The van der Waals surface area contributed by atoms with Crippen molar-refractivity contribution in [2.45, 2.75) is 31.8 Å². The number of nitrogens with one attached hydrogen (secondary N) is 2. The van der Waals surface area contributed by atoms with Gasteiger partial charge >= 0.3 is 5.97 Å². The monoisotopic (exact) mass is 417 g/mol. The highest BCUT2D eigenvalue weighted by Crippen LogP contribution is 2.16. The Labute approximate surface area is 173 Å². The Bertz CT molecular complexity index is 906. The van der Waals surface area contributed by atoms with E-state index in [1.165, 1.54) is 39.3 Å². The lowest BCUT2D eigenvalue weighted by Crippen LogP contribution is -2.53. The summed E-state index contributed by atoms with van der Waals surface area (Å²) in [5.74, 6) is -1.84. The molecular formula is C21H24FN3O5. The van der Waals surface area contributed by atoms with Gasteiger partial charge in [-0.2, -0.15) is 0 Å². The maximum atomic E-state index is 13.5. The van der Waals surface area contributed by atoms with Crippen LogP contribution < -0.4 is 15.4 Å². The summed E-state index contributed by atoms with van der Waals surface area (Å²) < 4.78 is 23.5. The molecule has 1 aromatic heterocycles. The lowest BCUT2D eigenvalue weighted by atomic mass is 10.0. The summed E-state index contributed by atoms with van der Waals surface area (Å²) in [6, 6.07) is 7.07. The van der Waals surface area contributed by atoms with E-state index in [2.05, 4.69) is 15.6 Å². The molecule has 2 atom stereocenters. The molecule has 8 nitrogen and oxygen atoms in total. The molecule has 0 aliphatic carbocycles. The van der Waals surface area contributed by atoms with Crippen LogP contribution in [0.2, 0.25) is 0 Å². The molecule has 0 bridgehead atoms. The molecule has 0 spiro atoms.